The molecule has 0 radical (unpaired) electrons. The van der Waals surface area contributed by atoms with Crippen LogP contribution in [0.3, 0.4) is 0 Å². The zero-order chi connectivity index (χ0) is 17.1. The highest BCUT2D eigenvalue weighted by Crippen LogP contribution is 2.24. The number of aromatic nitrogens is 2. The molecule has 0 aliphatic rings. The van der Waals surface area contributed by atoms with Gasteiger partial charge < -0.3 is 10.4 Å². The maximum Gasteiger partial charge on any atom is 0.335 e. The standard InChI is InChI=1S/C18H15N3O3/c1-11-2-4-12(5-3-11)17(22)20-15-9-13(16-6-7-19-21-16)8-14(10-15)18(23)24/h2-10H,1H3,(H,19,21)(H,20,22)(H,23,24). The van der Waals surface area contributed by atoms with Crippen LogP contribution < -0.4 is 5.32 Å². The Morgan fingerprint density at radius 1 is 1.04 bits per heavy atom. The van der Waals surface area contributed by atoms with E-state index in [2.05, 4.69) is 15.5 Å². The Hall–Kier alpha value is -3.41. The third kappa shape index (κ3) is 3.33. The summed E-state index contributed by atoms with van der Waals surface area (Å²) < 4.78 is 0. The van der Waals surface area contributed by atoms with Crippen molar-refractivity contribution in [3.05, 3.63) is 71.4 Å². The number of nitrogens with zero attached hydrogens (tertiary/aromatic N) is 1. The van der Waals surface area contributed by atoms with E-state index < -0.39 is 5.97 Å². The van der Waals surface area contributed by atoms with E-state index in [0.717, 1.165) is 5.56 Å². The van der Waals surface area contributed by atoms with E-state index >= 15 is 0 Å². The lowest BCUT2D eigenvalue weighted by Crippen LogP contribution is -2.12. The normalized spacial score (nSPS) is 10.4. The molecular weight excluding hydrogens is 306 g/mol. The van der Waals surface area contributed by atoms with Gasteiger partial charge in [-0.05, 0) is 43.3 Å². The second-order valence-corrected chi connectivity index (χ2v) is 5.39. The average molecular weight is 321 g/mol. The molecule has 0 saturated heterocycles. The van der Waals surface area contributed by atoms with Crippen LogP contribution in [-0.2, 0) is 0 Å². The summed E-state index contributed by atoms with van der Waals surface area (Å²) in [7, 11) is 0. The third-order valence-corrected chi connectivity index (χ3v) is 3.56. The van der Waals surface area contributed by atoms with Crippen LogP contribution in [0.2, 0.25) is 0 Å². The van der Waals surface area contributed by atoms with Gasteiger partial charge in [-0.2, -0.15) is 5.10 Å². The van der Waals surface area contributed by atoms with Gasteiger partial charge in [-0.1, -0.05) is 17.7 Å². The van der Waals surface area contributed by atoms with Gasteiger partial charge in [0, 0.05) is 23.0 Å². The number of aryl methyl sites for hydroxylation is 1. The van der Waals surface area contributed by atoms with Gasteiger partial charge in [0.2, 0.25) is 0 Å². The number of carboxylic acid groups (broad SMARTS) is 1. The largest absolute Gasteiger partial charge is 0.478 e. The Bertz CT molecular complexity index is 884. The Morgan fingerprint density at radius 3 is 2.42 bits per heavy atom. The summed E-state index contributed by atoms with van der Waals surface area (Å²) in [5.41, 5.74) is 3.35. The van der Waals surface area contributed by atoms with Gasteiger partial charge in [0.05, 0.1) is 11.3 Å². The molecule has 1 aromatic heterocycles. The van der Waals surface area contributed by atoms with E-state index in [1.165, 1.54) is 12.1 Å². The summed E-state index contributed by atoms with van der Waals surface area (Å²) >= 11 is 0. The first-order valence-electron chi connectivity index (χ1n) is 7.29. The van der Waals surface area contributed by atoms with Crippen molar-refractivity contribution in [1.82, 2.24) is 10.2 Å². The molecule has 0 aliphatic heterocycles. The Labute approximate surface area is 138 Å². The summed E-state index contributed by atoms with van der Waals surface area (Å²) in [4.78, 5) is 23.7. The third-order valence-electron chi connectivity index (χ3n) is 3.56. The highest BCUT2D eigenvalue weighted by Gasteiger charge is 2.12. The van der Waals surface area contributed by atoms with E-state index in [-0.39, 0.29) is 11.5 Å². The molecule has 120 valence electrons. The molecule has 0 unspecified atom stereocenters. The Kier molecular flexibility index (Phi) is 4.11. The molecule has 3 aromatic rings. The molecule has 3 rings (SSSR count). The fraction of sp³-hybridized carbons (Fsp3) is 0.0556. The van der Waals surface area contributed by atoms with E-state index in [4.69, 9.17) is 0 Å². The maximum absolute atomic E-state index is 12.3. The molecule has 24 heavy (non-hydrogen) atoms. The minimum atomic E-state index is -1.07. The number of aromatic carboxylic acids is 1. The molecular formula is C18H15N3O3. The van der Waals surface area contributed by atoms with Gasteiger partial charge in [0.1, 0.15) is 0 Å². The topological polar surface area (TPSA) is 95.1 Å². The molecule has 0 saturated carbocycles. The number of hydrogen-bond acceptors (Lipinski definition) is 3. The zero-order valence-electron chi connectivity index (χ0n) is 12.9. The molecule has 0 bridgehead atoms. The van der Waals surface area contributed by atoms with E-state index in [1.54, 1.807) is 30.5 Å². The number of hydrogen-bond donors (Lipinski definition) is 3. The number of carbonyl (C=O) groups is 2. The maximum atomic E-state index is 12.3. The Balaban J connectivity index is 1.93. The monoisotopic (exact) mass is 321 g/mol. The van der Waals surface area contributed by atoms with Crippen molar-refractivity contribution in [3.8, 4) is 11.3 Å². The molecule has 0 atom stereocenters. The number of H-pyrrole nitrogens is 1. The fourth-order valence-electron chi connectivity index (χ4n) is 2.30. The number of anilines is 1. The first-order valence-corrected chi connectivity index (χ1v) is 7.29. The van der Waals surface area contributed by atoms with Gasteiger partial charge in [-0.15, -0.1) is 0 Å². The van der Waals surface area contributed by atoms with Crippen LogP contribution in [0.5, 0.6) is 0 Å². The van der Waals surface area contributed by atoms with Crippen molar-refractivity contribution >= 4 is 17.6 Å². The quantitative estimate of drug-likeness (QED) is 0.687. The first-order chi connectivity index (χ1) is 11.5. The minimum absolute atomic E-state index is 0.0845. The summed E-state index contributed by atoms with van der Waals surface area (Å²) in [6.07, 6.45) is 1.58. The fourth-order valence-corrected chi connectivity index (χ4v) is 2.30. The van der Waals surface area contributed by atoms with Crippen LogP contribution in [0.4, 0.5) is 5.69 Å². The number of amides is 1. The van der Waals surface area contributed by atoms with Crippen molar-refractivity contribution in [2.75, 3.05) is 5.32 Å². The van der Waals surface area contributed by atoms with Crippen LogP contribution >= 0.6 is 0 Å². The smallest absolute Gasteiger partial charge is 0.335 e. The molecule has 0 aliphatic carbocycles. The van der Waals surface area contributed by atoms with Crippen LogP contribution in [0.25, 0.3) is 11.3 Å². The predicted octanol–water partition coefficient (Wildman–Crippen LogP) is 3.34. The molecule has 6 nitrogen and oxygen atoms in total. The van der Waals surface area contributed by atoms with E-state index in [0.29, 0.717) is 22.5 Å². The molecule has 2 aromatic carbocycles. The predicted molar refractivity (Wildman–Crippen MR) is 90.1 cm³/mol. The van der Waals surface area contributed by atoms with Gasteiger partial charge >= 0.3 is 5.97 Å². The summed E-state index contributed by atoms with van der Waals surface area (Å²) in [5.74, 6) is -1.37. The molecule has 1 amide bonds. The second-order valence-electron chi connectivity index (χ2n) is 5.39. The number of benzene rings is 2. The summed E-state index contributed by atoms with van der Waals surface area (Å²) in [6.45, 7) is 1.94. The second kappa shape index (κ2) is 6.37. The molecule has 3 N–H and O–H groups in total. The first kappa shape index (κ1) is 15.5. The Morgan fingerprint density at radius 2 is 1.79 bits per heavy atom. The molecule has 6 heteroatoms. The SMILES string of the molecule is Cc1ccc(C(=O)Nc2cc(C(=O)O)cc(-c3ccn[nH]3)c2)cc1. The number of nitrogens with one attached hydrogen (secondary N) is 2. The van der Waals surface area contributed by atoms with E-state index in [9.17, 15) is 14.7 Å². The number of carboxylic acids is 1. The highest BCUT2D eigenvalue weighted by atomic mass is 16.4. The molecule has 1 heterocycles. The van der Waals surface area contributed by atoms with Gasteiger partial charge in [-0.3, -0.25) is 9.89 Å². The van der Waals surface area contributed by atoms with Gasteiger partial charge in [-0.25, -0.2) is 4.79 Å². The number of rotatable bonds is 4. The van der Waals surface area contributed by atoms with Crippen molar-refractivity contribution < 1.29 is 14.7 Å². The van der Waals surface area contributed by atoms with E-state index in [1.807, 2.05) is 19.1 Å². The van der Waals surface area contributed by atoms with Crippen LogP contribution in [0.15, 0.2) is 54.7 Å². The number of carbonyl (C=O) groups excluding carboxylic acids is 1. The van der Waals surface area contributed by atoms with Crippen molar-refractivity contribution in [1.29, 1.82) is 0 Å². The summed E-state index contributed by atoms with van der Waals surface area (Å²) in [6, 6.07) is 13.5. The van der Waals surface area contributed by atoms with Crippen LogP contribution in [0, 0.1) is 6.92 Å². The number of aromatic amines is 1. The molecule has 0 spiro atoms. The van der Waals surface area contributed by atoms with Gasteiger partial charge in [0.15, 0.2) is 0 Å². The summed E-state index contributed by atoms with van der Waals surface area (Å²) in [5, 5.41) is 18.7. The average Bonchev–Trinajstić information content (AvgIpc) is 3.09. The lowest BCUT2D eigenvalue weighted by molar-refractivity contribution is 0.0696. The van der Waals surface area contributed by atoms with Crippen LogP contribution in [0.1, 0.15) is 26.3 Å². The lowest BCUT2D eigenvalue weighted by Gasteiger charge is -2.09. The van der Waals surface area contributed by atoms with Crippen molar-refractivity contribution in [2.24, 2.45) is 0 Å². The highest BCUT2D eigenvalue weighted by molar-refractivity contribution is 6.05. The molecule has 0 fully saturated rings. The van der Waals surface area contributed by atoms with Crippen molar-refractivity contribution in [3.63, 3.8) is 0 Å². The van der Waals surface area contributed by atoms with Gasteiger partial charge in [0.25, 0.3) is 5.91 Å². The van der Waals surface area contributed by atoms with Crippen LogP contribution in [-0.4, -0.2) is 27.2 Å². The lowest BCUT2D eigenvalue weighted by atomic mass is 10.1. The van der Waals surface area contributed by atoms with Crippen molar-refractivity contribution in [2.45, 2.75) is 6.92 Å². The minimum Gasteiger partial charge on any atom is -0.478 e. The zero-order valence-corrected chi connectivity index (χ0v) is 12.9.